The minimum Gasteiger partial charge on any atom is -0.493 e. The van der Waals surface area contributed by atoms with Crippen LogP contribution in [-0.4, -0.2) is 36.7 Å². The highest BCUT2D eigenvalue weighted by Gasteiger charge is 2.33. The lowest BCUT2D eigenvalue weighted by atomic mass is 10.1. The smallest absolute Gasteiger partial charge is 0.254 e. The van der Waals surface area contributed by atoms with Gasteiger partial charge >= 0.3 is 0 Å². The Kier molecular flexibility index (Phi) is 5.26. The molecule has 1 saturated heterocycles. The molecule has 134 valence electrons. The fourth-order valence-corrected chi connectivity index (χ4v) is 3.30. The third kappa shape index (κ3) is 3.48. The summed E-state index contributed by atoms with van der Waals surface area (Å²) in [5.41, 5.74) is 1.43. The van der Waals surface area contributed by atoms with Crippen LogP contribution in [0.4, 0.5) is 0 Å². The van der Waals surface area contributed by atoms with E-state index in [0.29, 0.717) is 23.6 Å². The maximum atomic E-state index is 13.0. The van der Waals surface area contributed by atoms with E-state index in [2.05, 4.69) is 12.1 Å². The second-order valence-electron chi connectivity index (χ2n) is 6.19. The fraction of sp³-hybridized carbons (Fsp3) is 0.474. The molecule has 1 amide bonds. The van der Waals surface area contributed by atoms with Crippen LogP contribution in [0.15, 0.2) is 28.8 Å². The Hall–Kier alpha value is -2.50. The summed E-state index contributed by atoms with van der Waals surface area (Å²) in [5.74, 6) is 2.01. The van der Waals surface area contributed by atoms with Crippen LogP contribution < -0.4 is 9.47 Å². The molecular formula is C19H24N2O4. The van der Waals surface area contributed by atoms with Gasteiger partial charge in [-0.25, -0.2) is 0 Å². The molecule has 1 aromatic carbocycles. The van der Waals surface area contributed by atoms with Crippen molar-refractivity contribution in [2.45, 2.75) is 38.6 Å². The van der Waals surface area contributed by atoms with Gasteiger partial charge in [-0.3, -0.25) is 4.79 Å². The number of hydrogen-bond donors (Lipinski definition) is 0. The minimum absolute atomic E-state index is 0.0245. The van der Waals surface area contributed by atoms with Gasteiger partial charge in [-0.15, -0.1) is 0 Å². The van der Waals surface area contributed by atoms with E-state index in [1.165, 1.54) is 0 Å². The number of likely N-dealkylation sites (tertiary alicyclic amines) is 1. The molecule has 0 radical (unpaired) electrons. The molecule has 6 heteroatoms. The first-order chi connectivity index (χ1) is 12.2. The number of benzene rings is 1. The van der Waals surface area contributed by atoms with E-state index in [1.54, 1.807) is 32.4 Å². The number of carbonyl (C=O) groups is 1. The van der Waals surface area contributed by atoms with Crippen LogP contribution in [0.2, 0.25) is 0 Å². The Labute approximate surface area is 147 Å². The molecule has 0 N–H and O–H groups in total. The van der Waals surface area contributed by atoms with E-state index in [4.69, 9.17) is 14.0 Å². The number of amides is 1. The quantitative estimate of drug-likeness (QED) is 0.801. The third-order valence-electron chi connectivity index (χ3n) is 4.56. The van der Waals surface area contributed by atoms with Crippen LogP contribution in [0.3, 0.4) is 0 Å². The second kappa shape index (κ2) is 7.59. The average Bonchev–Trinajstić information content (AvgIpc) is 3.29. The molecule has 1 aliphatic heterocycles. The van der Waals surface area contributed by atoms with Gasteiger partial charge < -0.3 is 18.9 Å². The van der Waals surface area contributed by atoms with E-state index in [1.807, 2.05) is 11.0 Å². The predicted octanol–water partition coefficient (Wildman–Crippen LogP) is 3.62. The monoisotopic (exact) mass is 344 g/mol. The summed E-state index contributed by atoms with van der Waals surface area (Å²) in [7, 11) is 3.14. The van der Waals surface area contributed by atoms with Crippen LogP contribution >= 0.6 is 0 Å². The summed E-state index contributed by atoms with van der Waals surface area (Å²) in [5, 5.41) is 4.19. The zero-order valence-corrected chi connectivity index (χ0v) is 14.9. The Bertz CT molecular complexity index is 741. The average molecular weight is 344 g/mol. The number of ether oxygens (including phenoxy) is 2. The van der Waals surface area contributed by atoms with Crippen LogP contribution in [-0.2, 0) is 6.42 Å². The first kappa shape index (κ1) is 17.3. The highest BCUT2D eigenvalue weighted by molar-refractivity contribution is 5.95. The van der Waals surface area contributed by atoms with Gasteiger partial charge in [0.2, 0.25) is 0 Å². The molecule has 0 bridgehead atoms. The molecule has 1 atom stereocenters. The number of aromatic nitrogens is 1. The molecule has 25 heavy (non-hydrogen) atoms. The number of carbonyl (C=O) groups excluding carboxylic acids is 1. The van der Waals surface area contributed by atoms with E-state index in [-0.39, 0.29) is 11.9 Å². The number of hydrogen-bond acceptors (Lipinski definition) is 5. The normalized spacial score (nSPS) is 16.9. The third-order valence-corrected chi connectivity index (χ3v) is 4.56. The summed E-state index contributed by atoms with van der Waals surface area (Å²) in [6.45, 7) is 2.82. The zero-order chi connectivity index (χ0) is 17.8. The van der Waals surface area contributed by atoms with Crippen molar-refractivity contribution in [2.75, 3.05) is 20.8 Å². The van der Waals surface area contributed by atoms with E-state index in [0.717, 1.165) is 37.1 Å². The molecule has 0 spiro atoms. The standard InChI is InChI=1S/C19H24N2O4/c1-4-6-14-12-15(20-25-14)16-7-5-10-21(16)19(22)13-8-9-17(23-2)18(11-13)24-3/h8-9,11-12,16H,4-7,10H2,1-3H3. The summed E-state index contributed by atoms with van der Waals surface area (Å²) < 4.78 is 15.9. The van der Waals surface area contributed by atoms with Crippen molar-refractivity contribution in [3.63, 3.8) is 0 Å². The van der Waals surface area contributed by atoms with Crippen molar-refractivity contribution in [3.8, 4) is 11.5 Å². The van der Waals surface area contributed by atoms with Gasteiger partial charge in [-0.1, -0.05) is 12.1 Å². The van der Waals surface area contributed by atoms with Crippen LogP contribution in [0.5, 0.6) is 11.5 Å². The van der Waals surface area contributed by atoms with Gasteiger partial charge in [0.25, 0.3) is 5.91 Å². The topological polar surface area (TPSA) is 64.8 Å². The Morgan fingerprint density at radius 1 is 1.28 bits per heavy atom. The molecule has 6 nitrogen and oxygen atoms in total. The molecule has 0 aliphatic carbocycles. The molecular weight excluding hydrogens is 320 g/mol. The van der Waals surface area contributed by atoms with Crippen molar-refractivity contribution in [2.24, 2.45) is 0 Å². The molecule has 2 aromatic rings. The first-order valence-corrected chi connectivity index (χ1v) is 8.66. The number of nitrogens with zero attached hydrogens (tertiary/aromatic N) is 2. The Morgan fingerprint density at radius 2 is 2.08 bits per heavy atom. The molecule has 1 unspecified atom stereocenters. The first-order valence-electron chi connectivity index (χ1n) is 8.66. The van der Waals surface area contributed by atoms with Gasteiger partial charge in [0.15, 0.2) is 11.5 Å². The lowest BCUT2D eigenvalue weighted by molar-refractivity contribution is 0.0730. The van der Waals surface area contributed by atoms with Gasteiger partial charge in [0.1, 0.15) is 11.5 Å². The number of methoxy groups -OCH3 is 2. The maximum absolute atomic E-state index is 13.0. The number of aryl methyl sites for hydroxylation is 1. The van der Waals surface area contributed by atoms with E-state index < -0.39 is 0 Å². The molecule has 3 rings (SSSR count). The lowest BCUT2D eigenvalue weighted by Crippen LogP contribution is -2.30. The van der Waals surface area contributed by atoms with E-state index in [9.17, 15) is 4.79 Å². The van der Waals surface area contributed by atoms with Crippen molar-refractivity contribution in [3.05, 3.63) is 41.3 Å². The Balaban J connectivity index is 1.82. The SMILES string of the molecule is CCCc1cc(C2CCCN2C(=O)c2ccc(OC)c(OC)c2)no1. The molecule has 1 fully saturated rings. The van der Waals surface area contributed by atoms with Crippen molar-refractivity contribution in [1.82, 2.24) is 10.1 Å². The van der Waals surface area contributed by atoms with Crippen molar-refractivity contribution in [1.29, 1.82) is 0 Å². The highest BCUT2D eigenvalue weighted by Crippen LogP contribution is 2.34. The molecule has 2 heterocycles. The second-order valence-corrected chi connectivity index (χ2v) is 6.19. The van der Waals surface area contributed by atoms with Gasteiger partial charge in [-0.2, -0.15) is 0 Å². The van der Waals surface area contributed by atoms with Crippen molar-refractivity contribution < 1.29 is 18.8 Å². The fourth-order valence-electron chi connectivity index (χ4n) is 3.30. The van der Waals surface area contributed by atoms with E-state index >= 15 is 0 Å². The van der Waals surface area contributed by atoms with Crippen LogP contribution in [0, 0.1) is 0 Å². The minimum atomic E-state index is -0.0325. The largest absolute Gasteiger partial charge is 0.493 e. The highest BCUT2D eigenvalue weighted by atomic mass is 16.5. The van der Waals surface area contributed by atoms with Crippen LogP contribution in [0.1, 0.15) is 54.0 Å². The molecule has 1 aliphatic rings. The molecule has 1 aromatic heterocycles. The van der Waals surface area contributed by atoms with Gasteiger partial charge in [0.05, 0.1) is 20.3 Å². The van der Waals surface area contributed by atoms with Gasteiger partial charge in [-0.05, 0) is 37.5 Å². The Morgan fingerprint density at radius 3 is 2.80 bits per heavy atom. The van der Waals surface area contributed by atoms with Crippen LogP contribution in [0.25, 0.3) is 0 Å². The number of rotatable bonds is 6. The summed E-state index contributed by atoms with van der Waals surface area (Å²) in [4.78, 5) is 14.9. The summed E-state index contributed by atoms with van der Waals surface area (Å²) in [6.07, 6.45) is 3.73. The molecule has 0 saturated carbocycles. The summed E-state index contributed by atoms with van der Waals surface area (Å²) in [6, 6.07) is 7.20. The lowest BCUT2D eigenvalue weighted by Gasteiger charge is -2.23. The summed E-state index contributed by atoms with van der Waals surface area (Å²) >= 11 is 0. The zero-order valence-electron chi connectivity index (χ0n) is 14.9. The maximum Gasteiger partial charge on any atom is 0.254 e. The van der Waals surface area contributed by atoms with Crippen molar-refractivity contribution >= 4 is 5.91 Å². The van der Waals surface area contributed by atoms with Gasteiger partial charge in [0, 0.05) is 24.6 Å². The predicted molar refractivity (Wildman–Crippen MR) is 93.1 cm³/mol.